The van der Waals surface area contributed by atoms with Crippen molar-refractivity contribution in [2.45, 2.75) is 13.0 Å². The van der Waals surface area contributed by atoms with Crippen LogP contribution in [0.3, 0.4) is 0 Å². The largest absolute Gasteiger partial charge is 0.374 e. The number of halogens is 2. The second-order valence-electron chi connectivity index (χ2n) is 3.47. The maximum atomic E-state index is 11.7. The van der Waals surface area contributed by atoms with Crippen LogP contribution < -0.4 is 5.32 Å². The zero-order valence-electron chi connectivity index (χ0n) is 9.10. The lowest BCUT2D eigenvalue weighted by atomic mass is 10.4. The van der Waals surface area contributed by atoms with Crippen LogP contribution in [0.2, 0.25) is 0 Å². The Morgan fingerprint density at radius 3 is 3.18 bits per heavy atom. The lowest BCUT2D eigenvalue weighted by Gasteiger charge is -2.04. The second kappa shape index (κ2) is 6.04. The molecule has 0 amide bonds. The molecule has 2 aromatic rings. The van der Waals surface area contributed by atoms with E-state index in [0.29, 0.717) is 13.1 Å². The summed E-state index contributed by atoms with van der Waals surface area (Å²) in [6.07, 6.45) is 1.50. The summed E-state index contributed by atoms with van der Waals surface area (Å²) in [5, 5.41) is 5.06. The fourth-order valence-electron chi connectivity index (χ4n) is 1.39. The van der Waals surface area contributed by atoms with Gasteiger partial charge < -0.3 is 10.1 Å². The summed E-state index contributed by atoms with van der Waals surface area (Å²) < 4.78 is 30.2. The number of ether oxygens (including phenoxy) is 1. The molecular weight excluding hydrogens is 248 g/mol. The molecule has 0 aliphatic heterocycles. The van der Waals surface area contributed by atoms with Crippen LogP contribution in [0.5, 0.6) is 0 Å². The van der Waals surface area contributed by atoms with Gasteiger partial charge in [-0.2, -0.15) is 0 Å². The number of nitrogens with zero attached hydrogens (tertiary/aromatic N) is 2. The number of thiazole rings is 1. The molecule has 2 rings (SSSR count). The summed E-state index contributed by atoms with van der Waals surface area (Å²) in [7, 11) is 0. The molecule has 0 saturated heterocycles. The number of nitrogens with one attached hydrogen (secondary N) is 1. The van der Waals surface area contributed by atoms with Gasteiger partial charge in [0.2, 0.25) is 0 Å². The minimum absolute atomic E-state index is 0.284. The van der Waals surface area contributed by atoms with Gasteiger partial charge in [0.1, 0.15) is 6.61 Å². The van der Waals surface area contributed by atoms with Gasteiger partial charge in [0.05, 0.1) is 12.3 Å². The van der Waals surface area contributed by atoms with Crippen LogP contribution in [-0.2, 0) is 11.3 Å². The molecule has 0 radical (unpaired) electrons. The molecule has 4 nitrogen and oxygen atoms in total. The first kappa shape index (κ1) is 12.4. The Balaban J connectivity index is 1.64. The number of alkyl halides is 2. The number of rotatable bonds is 7. The molecule has 94 valence electrons. The quantitative estimate of drug-likeness (QED) is 0.772. The summed E-state index contributed by atoms with van der Waals surface area (Å²) >= 11 is 1.57. The van der Waals surface area contributed by atoms with Crippen molar-refractivity contribution in [3.63, 3.8) is 0 Å². The van der Waals surface area contributed by atoms with Gasteiger partial charge in [-0.3, -0.25) is 4.40 Å². The van der Waals surface area contributed by atoms with Crippen LogP contribution in [0, 0.1) is 0 Å². The normalized spacial score (nSPS) is 11.7. The molecule has 1 N–H and O–H groups in total. The Hall–Kier alpha value is -1.05. The lowest BCUT2D eigenvalue weighted by molar-refractivity contribution is 0.0187. The molecule has 2 heterocycles. The van der Waals surface area contributed by atoms with Crippen LogP contribution in [0.15, 0.2) is 17.8 Å². The molecule has 0 bridgehead atoms. The first-order valence-corrected chi connectivity index (χ1v) is 6.11. The Morgan fingerprint density at radius 2 is 2.41 bits per heavy atom. The van der Waals surface area contributed by atoms with Crippen LogP contribution in [-0.4, -0.2) is 35.6 Å². The summed E-state index contributed by atoms with van der Waals surface area (Å²) in [6.45, 7) is 0.943. The van der Waals surface area contributed by atoms with E-state index in [4.69, 9.17) is 4.74 Å². The monoisotopic (exact) mass is 261 g/mol. The maximum absolute atomic E-state index is 11.7. The summed E-state index contributed by atoms with van der Waals surface area (Å²) in [6, 6.07) is 0. The maximum Gasteiger partial charge on any atom is 0.261 e. The standard InChI is InChI=1S/C10H13F2N3OS/c11-9(12)7-16-3-1-13-5-8-6-15-2-4-17-10(15)14-8/h2,4,6,9,13H,1,3,5,7H2. The van der Waals surface area contributed by atoms with Gasteiger partial charge in [0.25, 0.3) is 6.43 Å². The van der Waals surface area contributed by atoms with E-state index in [1.807, 2.05) is 22.2 Å². The molecule has 0 fully saturated rings. The average molecular weight is 261 g/mol. The van der Waals surface area contributed by atoms with E-state index in [0.717, 1.165) is 10.7 Å². The van der Waals surface area contributed by atoms with Gasteiger partial charge in [-0.25, -0.2) is 13.8 Å². The van der Waals surface area contributed by atoms with E-state index in [2.05, 4.69) is 10.3 Å². The van der Waals surface area contributed by atoms with Gasteiger partial charge in [-0.15, -0.1) is 11.3 Å². The zero-order valence-corrected chi connectivity index (χ0v) is 9.92. The molecule has 0 atom stereocenters. The van der Waals surface area contributed by atoms with Gasteiger partial charge >= 0.3 is 0 Å². The van der Waals surface area contributed by atoms with Crippen molar-refractivity contribution in [1.29, 1.82) is 0 Å². The Bertz CT molecular complexity index is 429. The summed E-state index contributed by atoms with van der Waals surface area (Å²) in [5.74, 6) is 0. The minimum atomic E-state index is -2.39. The second-order valence-corrected chi connectivity index (χ2v) is 4.34. The van der Waals surface area contributed by atoms with Crippen molar-refractivity contribution in [3.8, 4) is 0 Å². The number of aromatic nitrogens is 2. The van der Waals surface area contributed by atoms with E-state index in [1.54, 1.807) is 11.3 Å². The topological polar surface area (TPSA) is 38.6 Å². The highest BCUT2D eigenvalue weighted by Crippen LogP contribution is 2.10. The van der Waals surface area contributed by atoms with Gasteiger partial charge in [-0.05, 0) is 0 Å². The van der Waals surface area contributed by atoms with Crippen molar-refractivity contribution < 1.29 is 13.5 Å². The van der Waals surface area contributed by atoms with E-state index in [1.165, 1.54) is 0 Å². The molecule has 17 heavy (non-hydrogen) atoms. The van der Waals surface area contributed by atoms with Gasteiger partial charge in [0, 0.05) is 30.9 Å². The minimum Gasteiger partial charge on any atom is -0.374 e. The van der Waals surface area contributed by atoms with Crippen molar-refractivity contribution in [1.82, 2.24) is 14.7 Å². The number of hydrogen-bond acceptors (Lipinski definition) is 4. The van der Waals surface area contributed by atoms with Crippen LogP contribution in [0.1, 0.15) is 5.69 Å². The molecule has 0 saturated carbocycles. The molecule has 0 aliphatic carbocycles. The van der Waals surface area contributed by atoms with Crippen LogP contribution in [0.4, 0.5) is 8.78 Å². The van der Waals surface area contributed by atoms with Crippen LogP contribution >= 0.6 is 11.3 Å². The molecular formula is C10H13F2N3OS. The molecule has 0 unspecified atom stereocenters. The molecule has 2 aromatic heterocycles. The first-order chi connectivity index (χ1) is 8.25. The predicted molar refractivity (Wildman–Crippen MR) is 61.6 cm³/mol. The summed E-state index contributed by atoms with van der Waals surface area (Å²) in [4.78, 5) is 5.33. The number of imidazole rings is 1. The van der Waals surface area contributed by atoms with Gasteiger partial charge in [-0.1, -0.05) is 0 Å². The summed E-state index contributed by atoms with van der Waals surface area (Å²) in [5.41, 5.74) is 0.936. The van der Waals surface area contributed by atoms with Crippen molar-refractivity contribution in [2.24, 2.45) is 0 Å². The number of hydrogen-bond donors (Lipinski definition) is 1. The average Bonchev–Trinajstić information content (AvgIpc) is 2.82. The third-order valence-corrected chi connectivity index (χ3v) is 2.89. The Morgan fingerprint density at radius 1 is 1.53 bits per heavy atom. The fourth-order valence-corrected chi connectivity index (χ4v) is 2.11. The fraction of sp³-hybridized carbons (Fsp3) is 0.500. The highest BCUT2D eigenvalue weighted by molar-refractivity contribution is 7.15. The van der Waals surface area contributed by atoms with E-state index in [-0.39, 0.29) is 6.61 Å². The van der Waals surface area contributed by atoms with Crippen LogP contribution in [0.25, 0.3) is 4.96 Å². The lowest BCUT2D eigenvalue weighted by Crippen LogP contribution is -2.20. The van der Waals surface area contributed by atoms with E-state index < -0.39 is 13.0 Å². The van der Waals surface area contributed by atoms with Crippen molar-refractivity contribution >= 4 is 16.3 Å². The van der Waals surface area contributed by atoms with Crippen molar-refractivity contribution in [2.75, 3.05) is 19.8 Å². The van der Waals surface area contributed by atoms with Gasteiger partial charge in [0.15, 0.2) is 4.96 Å². The number of fused-ring (bicyclic) bond motifs is 1. The van der Waals surface area contributed by atoms with E-state index >= 15 is 0 Å². The van der Waals surface area contributed by atoms with E-state index in [9.17, 15) is 8.78 Å². The van der Waals surface area contributed by atoms with Crippen molar-refractivity contribution in [3.05, 3.63) is 23.5 Å². The Labute approximate surface area is 101 Å². The highest BCUT2D eigenvalue weighted by Gasteiger charge is 2.03. The zero-order chi connectivity index (χ0) is 12.1. The smallest absolute Gasteiger partial charge is 0.261 e. The Kier molecular flexibility index (Phi) is 4.41. The first-order valence-electron chi connectivity index (χ1n) is 5.23. The molecule has 7 heteroatoms. The third-order valence-electron chi connectivity index (χ3n) is 2.12. The SMILES string of the molecule is FC(F)COCCNCc1cn2ccsc2n1. The molecule has 0 aliphatic rings. The highest BCUT2D eigenvalue weighted by atomic mass is 32.1. The predicted octanol–water partition coefficient (Wildman–Crippen LogP) is 1.77. The third kappa shape index (κ3) is 3.72. The molecule has 0 spiro atoms. The molecule has 0 aromatic carbocycles.